The average Bonchev–Trinajstić information content (AvgIpc) is 1.76. The second-order valence-corrected chi connectivity index (χ2v) is 1.31. The quantitative estimate of drug-likeness (QED) is 0.429. The zero-order valence-electron chi connectivity index (χ0n) is 2.51. The molecular weight excluding hydrogens is 106 g/mol. The van der Waals surface area contributed by atoms with Gasteiger partial charge in [0.1, 0.15) is 0 Å². The lowest BCUT2D eigenvalue weighted by atomic mass is 11.0. The first kappa shape index (κ1) is 6.40. The third kappa shape index (κ3) is 1.74. The molecule has 29 valence electrons. The summed E-state index contributed by atoms with van der Waals surface area (Å²) in [5, 5.41) is 1.88. The number of aromatic nitrogens is 1. The van der Waals surface area contributed by atoms with Crippen LogP contribution < -0.4 is 0 Å². The molecule has 0 fully saturated rings. The summed E-state index contributed by atoms with van der Waals surface area (Å²) in [5.74, 6) is 0. The maximum Gasteiger partial charge on any atom is 0.316 e. The van der Waals surface area contributed by atoms with Crippen LogP contribution in [0, 0.1) is 5.51 Å². The normalized spacial score (nSPS) is 6.67. The Kier molecular flexibility index (Phi) is 3.82. The van der Waals surface area contributed by atoms with E-state index in [2.05, 4.69) is 10.5 Å². The highest BCUT2D eigenvalue weighted by atomic mass is 32.1. The highest BCUT2D eigenvalue weighted by Crippen LogP contribution is 1.84. The van der Waals surface area contributed by atoms with Crippen LogP contribution in [-0.4, -0.2) is 28.0 Å². The minimum atomic E-state index is 0. The van der Waals surface area contributed by atoms with Gasteiger partial charge in [0, 0.05) is 11.6 Å². The number of rotatable bonds is 0. The Balaban J connectivity index is 0.000000250. The molecular formula is C3H4MgNS. The summed E-state index contributed by atoms with van der Waals surface area (Å²) in [7, 11) is 0. The minimum Gasteiger partial charge on any atom is -0.242 e. The van der Waals surface area contributed by atoms with Crippen LogP contribution in [0.4, 0.5) is 0 Å². The zero-order valence-corrected chi connectivity index (χ0v) is 3.33. The molecule has 1 aromatic heterocycles. The standard InChI is InChI=1S/C3H2NS.Mg.2H/c1-2-5-3-4-1;;;/h1-2H;;;. The van der Waals surface area contributed by atoms with E-state index in [-0.39, 0.29) is 23.1 Å². The van der Waals surface area contributed by atoms with Gasteiger partial charge >= 0.3 is 23.1 Å². The van der Waals surface area contributed by atoms with Crippen LogP contribution in [0.5, 0.6) is 0 Å². The van der Waals surface area contributed by atoms with E-state index in [4.69, 9.17) is 0 Å². The van der Waals surface area contributed by atoms with Crippen LogP contribution in [0.3, 0.4) is 0 Å². The van der Waals surface area contributed by atoms with E-state index in [9.17, 15) is 0 Å². The topological polar surface area (TPSA) is 12.9 Å². The molecule has 0 aliphatic carbocycles. The molecule has 3 heteroatoms. The third-order valence-electron chi connectivity index (χ3n) is 0.309. The Hall–Kier alpha value is 0.396. The van der Waals surface area contributed by atoms with Gasteiger partial charge in [0.15, 0.2) is 5.51 Å². The molecule has 0 aliphatic heterocycles. The molecule has 1 rings (SSSR count). The molecule has 0 saturated carbocycles. The van der Waals surface area contributed by atoms with Crippen LogP contribution in [0.1, 0.15) is 0 Å². The molecule has 0 aromatic carbocycles. The van der Waals surface area contributed by atoms with E-state index in [0.29, 0.717) is 0 Å². The fourth-order valence-electron chi connectivity index (χ4n) is 0.152. The van der Waals surface area contributed by atoms with Crippen molar-refractivity contribution in [3.63, 3.8) is 0 Å². The Morgan fingerprint density at radius 3 is 2.67 bits per heavy atom. The van der Waals surface area contributed by atoms with Gasteiger partial charge in [-0.25, -0.2) is 4.98 Å². The first-order valence-electron chi connectivity index (χ1n) is 1.25. The lowest BCUT2D eigenvalue weighted by Crippen LogP contribution is -1.39. The van der Waals surface area contributed by atoms with Crippen LogP contribution in [0.2, 0.25) is 0 Å². The van der Waals surface area contributed by atoms with Crippen LogP contribution in [-0.2, 0) is 0 Å². The summed E-state index contributed by atoms with van der Waals surface area (Å²) >= 11 is 1.48. The number of nitrogens with zero attached hydrogens (tertiary/aromatic N) is 1. The Bertz CT molecular complexity index is 67.3. The van der Waals surface area contributed by atoms with E-state index in [1.54, 1.807) is 6.20 Å². The lowest BCUT2D eigenvalue weighted by molar-refractivity contribution is 1.41. The first-order valence-corrected chi connectivity index (χ1v) is 2.13. The smallest absolute Gasteiger partial charge is 0.242 e. The largest absolute Gasteiger partial charge is 0.316 e. The summed E-state index contributed by atoms with van der Waals surface area (Å²) in [5.41, 5.74) is 2.65. The summed E-state index contributed by atoms with van der Waals surface area (Å²) in [6, 6.07) is 0. The molecule has 0 amide bonds. The van der Waals surface area contributed by atoms with E-state index >= 15 is 0 Å². The Morgan fingerprint density at radius 1 is 1.67 bits per heavy atom. The third-order valence-corrected chi connectivity index (χ3v) is 0.777. The van der Waals surface area contributed by atoms with Crippen molar-refractivity contribution >= 4 is 34.4 Å². The van der Waals surface area contributed by atoms with Crippen molar-refractivity contribution in [3.05, 3.63) is 17.1 Å². The molecule has 1 nitrogen and oxygen atoms in total. The summed E-state index contributed by atoms with van der Waals surface area (Å²) < 4.78 is 0. The van der Waals surface area contributed by atoms with Crippen molar-refractivity contribution in [2.24, 2.45) is 0 Å². The van der Waals surface area contributed by atoms with Crippen LogP contribution >= 0.6 is 11.3 Å². The van der Waals surface area contributed by atoms with Gasteiger partial charge in [0.2, 0.25) is 0 Å². The molecule has 0 unspecified atom stereocenters. The monoisotopic (exact) mass is 110 g/mol. The predicted molar refractivity (Wildman–Crippen MR) is 29.5 cm³/mol. The highest BCUT2D eigenvalue weighted by molar-refractivity contribution is 7.06. The van der Waals surface area contributed by atoms with Crippen LogP contribution in [0.25, 0.3) is 0 Å². The van der Waals surface area contributed by atoms with Crippen molar-refractivity contribution in [2.75, 3.05) is 0 Å². The van der Waals surface area contributed by atoms with Crippen molar-refractivity contribution in [3.8, 4) is 0 Å². The molecule has 1 aromatic rings. The average molecular weight is 110 g/mol. The van der Waals surface area contributed by atoms with Gasteiger partial charge in [-0.2, -0.15) is 0 Å². The summed E-state index contributed by atoms with van der Waals surface area (Å²) in [4.78, 5) is 3.62. The molecule has 0 bridgehead atoms. The molecule has 0 N–H and O–H groups in total. The SMILES string of the molecule is [MgH2].[c]1nccs1. The van der Waals surface area contributed by atoms with Crippen molar-refractivity contribution in [1.29, 1.82) is 0 Å². The number of hydrogen-bond acceptors (Lipinski definition) is 2. The van der Waals surface area contributed by atoms with Gasteiger partial charge < -0.3 is 0 Å². The number of thiazole rings is 1. The lowest BCUT2D eigenvalue weighted by Gasteiger charge is -1.38. The fraction of sp³-hybridized carbons (Fsp3) is 0. The van der Waals surface area contributed by atoms with E-state index < -0.39 is 0 Å². The van der Waals surface area contributed by atoms with Crippen molar-refractivity contribution in [2.45, 2.75) is 0 Å². The Labute approximate surface area is 56.6 Å². The predicted octanol–water partition coefficient (Wildman–Crippen LogP) is 0.0271. The second-order valence-electron chi connectivity index (χ2n) is 0.623. The zero-order chi connectivity index (χ0) is 3.54. The molecule has 0 aliphatic rings. The van der Waals surface area contributed by atoms with E-state index in [0.717, 1.165) is 0 Å². The molecule has 0 atom stereocenters. The molecule has 1 heterocycles. The van der Waals surface area contributed by atoms with Crippen molar-refractivity contribution in [1.82, 2.24) is 4.98 Å². The van der Waals surface area contributed by atoms with Gasteiger partial charge in [-0.05, 0) is 0 Å². The number of hydrogen-bond donors (Lipinski definition) is 0. The summed E-state index contributed by atoms with van der Waals surface area (Å²) in [6.07, 6.45) is 1.71. The van der Waals surface area contributed by atoms with Crippen molar-refractivity contribution < 1.29 is 0 Å². The van der Waals surface area contributed by atoms with Gasteiger partial charge in [0.25, 0.3) is 0 Å². The van der Waals surface area contributed by atoms with Gasteiger partial charge in [0.05, 0.1) is 0 Å². The molecule has 0 spiro atoms. The maximum absolute atomic E-state index is 3.62. The van der Waals surface area contributed by atoms with Gasteiger partial charge in [-0.1, -0.05) is 0 Å². The minimum absolute atomic E-state index is 0. The Morgan fingerprint density at radius 2 is 2.50 bits per heavy atom. The van der Waals surface area contributed by atoms with Crippen LogP contribution in [0.15, 0.2) is 11.6 Å². The molecule has 6 heavy (non-hydrogen) atoms. The van der Waals surface area contributed by atoms with E-state index in [1.807, 2.05) is 5.38 Å². The van der Waals surface area contributed by atoms with E-state index in [1.165, 1.54) is 11.3 Å². The highest BCUT2D eigenvalue weighted by Gasteiger charge is 1.61. The summed E-state index contributed by atoms with van der Waals surface area (Å²) in [6.45, 7) is 0. The fourth-order valence-corrected chi connectivity index (χ4v) is 0.456. The molecule has 0 saturated heterocycles. The molecule has 1 radical (unpaired) electrons. The maximum atomic E-state index is 3.62. The first-order chi connectivity index (χ1) is 2.50. The van der Waals surface area contributed by atoms with Gasteiger partial charge in [-0.15, -0.1) is 11.3 Å². The van der Waals surface area contributed by atoms with Gasteiger partial charge in [-0.3, -0.25) is 0 Å². The second kappa shape index (κ2) is 3.58.